The van der Waals surface area contributed by atoms with Crippen LogP contribution in [-0.4, -0.2) is 50.7 Å². The van der Waals surface area contributed by atoms with Gasteiger partial charge in [0.15, 0.2) is 0 Å². The number of carbonyl (C=O) groups excluding carboxylic acids is 2. The summed E-state index contributed by atoms with van der Waals surface area (Å²) in [6.45, 7) is 3.69. The first-order chi connectivity index (χ1) is 15.4. The molecule has 9 nitrogen and oxygen atoms in total. The highest BCUT2D eigenvalue weighted by Crippen LogP contribution is 2.52. The Labute approximate surface area is 189 Å². The molecule has 3 atom stereocenters. The molecule has 1 fully saturated rings. The third-order valence-corrected chi connectivity index (χ3v) is 5.76. The number of aromatic nitrogens is 4. The molecular formula is C22H23ClN6O3. The van der Waals surface area contributed by atoms with E-state index in [2.05, 4.69) is 31.3 Å². The zero-order chi connectivity index (χ0) is 22.7. The van der Waals surface area contributed by atoms with Gasteiger partial charge in [-0.15, -0.1) is 5.10 Å². The van der Waals surface area contributed by atoms with Crippen molar-refractivity contribution in [2.24, 2.45) is 0 Å². The summed E-state index contributed by atoms with van der Waals surface area (Å²) < 4.78 is 5.09. The van der Waals surface area contributed by atoms with Gasteiger partial charge >= 0.3 is 5.97 Å². The monoisotopic (exact) mass is 454 g/mol. The summed E-state index contributed by atoms with van der Waals surface area (Å²) in [5.41, 5.74) is 2.01. The second-order valence-electron chi connectivity index (χ2n) is 7.67. The quantitative estimate of drug-likeness (QED) is 0.447. The molecule has 3 aromatic rings. The van der Waals surface area contributed by atoms with Gasteiger partial charge in [-0.3, -0.25) is 20.2 Å². The molecule has 0 radical (unpaired) electrons. The number of nitrogens with zero attached hydrogens (tertiary/aromatic N) is 3. The van der Waals surface area contributed by atoms with Crippen molar-refractivity contribution >= 4 is 29.4 Å². The van der Waals surface area contributed by atoms with Gasteiger partial charge in [-0.1, -0.05) is 53.1 Å². The van der Waals surface area contributed by atoms with Crippen LogP contribution < -0.4 is 10.6 Å². The highest BCUT2D eigenvalue weighted by molar-refractivity contribution is 6.30. The number of esters is 1. The van der Waals surface area contributed by atoms with Crippen LogP contribution in [0.15, 0.2) is 48.5 Å². The number of H-pyrrole nitrogens is 1. The average molecular weight is 455 g/mol. The van der Waals surface area contributed by atoms with Crippen molar-refractivity contribution in [3.8, 4) is 11.1 Å². The molecule has 4 rings (SSSR count). The van der Waals surface area contributed by atoms with Crippen LogP contribution in [0.5, 0.6) is 0 Å². The van der Waals surface area contributed by atoms with E-state index in [4.69, 9.17) is 16.3 Å². The van der Waals surface area contributed by atoms with Crippen LogP contribution >= 0.6 is 11.6 Å². The van der Waals surface area contributed by atoms with Gasteiger partial charge in [0.25, 0.3) is 5.95 Å². The van der Waals surface area contributed by atoms with E-state index in [0.717, 1.165) is 16.7 Å². The topological polar surface area (TPSA) is 122 Å². The molecule has 3 N–H and O–H groups in total. The number of benzene rings is 2. The molecule has 0 saturated heterocycles. The first kappa shape index (κ1) is 21.9. The van der Waals surface area contributed by atoms with Gasteiger partial charge in [0.2, 0.25) is 5.91 Å². The number of ether oxygens (including phenoxy) is 1. The van der Waals surface area contributed by atoms with Crippen LogP contribution in [0.25, 0.3) is 11.1 Å². The molecule has 32 heavy (non-hydrogen) atoms. The Hall–Kier alpha value is -3.30. The molecule has 1 saturated carbocycles. The van der Waals surface area contributed by atoms with Crippen molar-refractivity contribution in [3.05, 3.63) is 59.1 Å². The predicted octanol–water partition coefficient (Wildman–Crippen LogP) is 2.93. The lowest BCUT2D eigenvalue weighted by Gasteiger charge is -2.22. The predicted molar refractivity (Wildman–Crippen MR) is 119 cm³/mol. The maximum Gasteiger partial charge on any atom is 0.322 e. The van der Waals surface area contributed by atoms with Gasteiger partial charge in [-0.2, -0.15) is 5.21 Å². The highest BCUT2D eigenvalue weighted by Gasteiger charge is 2.61. The summed E-state index contributed by atoms with van der Waals surface area (Å²) in [6.07, 6.45) is 0.511. The number of anilines is 1. The lowest BCUT2D eigenvalue weighted by Crippen LogP contribution is -2.51. The number of amides is 1. The van der Waals surface area contributed by atoms with Crippen molar-refractivity contribution in [1.29, 1.82) is 0 Å². The largest absolute Gasteiger partial charge is 0.465 e. The normalized spacial score (nSPS) is 20.4. The zero-order valence-electron chi connectivity index (χ0n) is 17.6. The third-order valence-electron chi connectivity index (χ3n) is 5.52. The number of nitrogens with one attached hydrogen (secondary N) is 3. The number of aromatic amines is 1. The van der Waals surface area contributed by atoms with Gasteiger partial charge < -0.3 is 4.74 Å². The van der Waals surface area contributed by atoms with Crippen LogP contribution in [0.1, 0.15) is 31.7 Å². The number of hydrogen-bond donors (Lipinski definition) is 3. The van der Waals surface area contributed by atoms with E-state index in [9.17, 15) is 9.59 Å². The fraction of sp³-hybridized carbons (Fsp3) is 0.318. The Bertz CT molecular complexity index is 1110. The third kappa shape index (κ3) is 4.49. The second kappa shape index (κ2) is 9.05. The Kier molecular flexibility index (Phi) is 6.20. The molecule has 1 unspecified atom stereocenters. The minimum absolute atomic E-state index is 0.0712. The van der Waals surface area contributed by atoms with E-state index in [0.29, 0.717) is 11.4 Å². The minimum atomic E-state index is -0.996. The van der Waals surface area contributed by atoms with E-state index in [-0.39, 0.29) is 24.4 Å². The van der Waals surface area contributed by atoms with Gasteiger partial charge in [0.05, 0.1) is 6.61 Å². The van der Waals surface area contributed by atoms with Crippen molar-refractivity contribution in [2.75, 3.05) is 11.9 Å². The van der Waals surface area contributed by atoms with Gasteiger partial charge in [0.1, 0.15) is 11.6 Å². The van der Waals surface area contributed by atoms with Gasteiger partial charge in [-0.25, -0.2) is 0 Å². The van der Waals surface area contributed by atoms with Crippen molar-refractivity contribution in [3.63, 3.8) is 0 Å². The van der Waals surface area contributed by atoms with Crippen LogP contribution in [0, 0.1) is 0 Å². The second-order valence-corrected chi connectivity index (χ2v) is 8.10. The number of carbonyl (C=O) groups is 2. The zero-order valence-corrected chi connectivity index (χ0v) is 18.4. The Morgan fingerprint density at radius 2 is 2.03 bits per heavy atom. The number of tetrazole rings is 1. The summed E-state index contributed by atoms with van der Waals surface area (Å²) in [5.74, 6) is -0.818. The van der Waals surface area contributed by atoms with Crippen molar-refractivity contribution < 1.29 is 14.3 Å². The van der Waals surface area contributed by atoms with Crippen molar-refractivity contribution in [1.82, 2.24) is 25.9 Å². The van der Waals surface area contributed by atoms with Crippen molar-refractivity contribution in [2.45, 2.75) is 37.8 Å². The van der Waals surface area contributed by atoms with E-state index in [1.807, 2.05) is 48.5 Å². The van der Waals surface area contributed by atoms with Crippen LogP contribution in [0.2, 0.25) is 5.02 Å². The fourth-order valence-electron chi connectivity index (χ4n) is 3.86. The number of rotatable bonds is 8. The number of hydrogen-bond acceptors (Lipinski definition) is 7. The first-order valence-corrected chi connectivity index (χ1v) is 10.7. The summed E-state index contributed by atoms with van der Waals surface area (Å²) in [4.78, 5) is 25.4. The molecule has 1 aliphatic rings. The Morgan fingerprint density at radius 1 is 1.25 bits per heavy atom. The summed E-state index contributed by atoms with van der Waals surface area (Å²) in [5, 5.41) is 19.8. The summed E-state index contributed by atoms with van der Waals surface area (Å²) >= 11 is 6.11. The molecule has 1 heterocycles. The van der Waals surface area contributed by atoms with Crippen LogP contribution in [0.3, 0.4) is 0 Å². The maximum atomic E-state index is 13.2. The molecule has 1 aromatic heterocycles. The maximum absolute atomic E-state index is 13.2. The Balaban J connectivity index is 1.56. The Morgan fingerprint density at radius 3 is 2.69 bits per heavy atom. The van der Waals surface area contributed by atoms with E-state index in [1.165, 1.54) is 0 Å². The molecule has 2 aromatic carbocycles. The lowest BCUT2D eigenvalue weighted by molar-refractivity contribution is -0.145. The minimum Gasteiger partial charge on any atom is -0.465 e. The van der Waals surface area contributed by atoms with Crippen LogP contribution in [0.4, 0.5) is 5.95 Å². The standard InChI is InChI=1S/C22H23ClN6O3/c1-3-32-19(30)13(2)25-22(20(31)24-21-26-28-29-27-21)12-18(22)15-9-7-14(8-10-15)16-5-4-6-17(23)11-16/h4-11,13,18,25H,3,12H2,1-2H3,(H2,24,26,27,28,29,31)/t13-,18-,22?/m0/s1. The molecule has 10 heteroatoms. The SMILES string of the molecule is CCOC(=O)[C@H](C)NC1(C(=O)Nc2nn[nH]n2)C[C@H]1c1ccc(-c2cccc(Cl)c2)cc1. The molecule has 166 valence electrons. The first-order valence-electron chi connectivity index (χ1n) is 10.3. The average Bonchev–Trinajstić information content (AvgIpc) is 3.28. The summed E-state index contributed by atoms with van der Waals surface area (Å²) in [7, 11) is 0. The lowest BCUT2D eigenvalue weighted by atomic mass is 10.00. The smallest absolute Gasteiger partial charge is 0.322 e. The molecule has 1 aliphatic carbocycles. The number of halogens is 1. The van der Waals surface area contributed by atoms with E-state index >= 15 is 0 Å². The molecule has 0 bridgehead atoms. The van der Waals surface area contributed by atoms with E-state index in [1.54, 1.807) is 13.8 Å². The van der Waals surface area contributed by atoms with Gasteiger partial charge in [-0.05, 0) is 54.3 Å². The fourth-order valence-corrected chi connectivity index (χ4v) is 4.05. The molecule has 1 amide bonds. The molecular weight excluding hydrogens is 432 g/mol. The highest BCUT2D eigenvalue weighted by atomic mass is 35.5. The van der Waals surface area contributed by atoms with E-state index < -0.39 is 17.6 Å². The molecule has 0 spiro atoms. The van der Waals surface area contributed by atoms with Crippen LogP contribution in [-0.2, 0) is 14.3 Å². The molecule has 0 aliphatic heterocycles. The summed E-state index contributed by atoms with van der Waals surface area (Å²) in [6, 6.07) is 14.9. The van der Waals surface area contributed by atoms with Gasteiger partial charge in [0, 0.05) is 10.9 Å².